The molecule has 20 heavy (non-hydrogen) atoms. The molecule has 1 fully saturated rings. The van der Waals surface area contributed by atoms with Crippen molar-refractivity contribution in [2.24, 2.45) is 11.8 Å². The smallest absolute Gasteiger partial charge is 0.306 e. The fourth-order valence-electron chi connectivity index (χ4n) is 2.42. The number of anilines is 1. The quantitative estimate of drug-likeness (QED) is 0.878. The highest BCUT2D eigenvalue weighted by molar-refractivity contribution is 5.92. The molecule has 1 aliphatic carbocycles. The predicted molar refractivity (Wildman–Crippen MR) is 72.5 cm³/mol. The van der Waals surface area contributed by atoms with E-state index in [1.165, 1.54) is 7.11 Å². The lowest BCUT2D eigenvalue weighted by atomic mass is 9.81. The number of amides is 1. The maximum atomic E-state index is 12.1. The van der Waals surface area contributed by atoms with Crippen LogP contribution < -0.4 is 10.1 Å². The van der Waals surface area contributed by atoms with Crippen LogP contribution in [0.3, 0.4) is 0 Å². The molecule has 6 nitrogen and oxygen atoms in total. The van der Waals surface area contributed by atoms with Crippen LogP contribution in [-0.4, -0.2) is 29.1 Å². The zero-order chi connectivity index (χ0) is 14.5. The average Bonchev–Trinajstić information content (AvgIpc) is 2.48. The Hall–Kier alpha value is -2.11. The Bertz CT molecular complexity index is 478. The summed E-state index contributed by atoms with van der Waals surface area (Å²) in [5.41, 5.74) is 0.621. The molecule has 6 heteroatoms. The lowest BCUT2D eigenvalue weighted by molar-refractivity contribution is -0.143. The Kier molecular flexibility index (Phi) is 4.55. The largest absolute Gasteiger partial charge is 0.481 e. The van der Waals surface area contributed by atoms with Gasteiger partial charge in [0, 0.05) is 12.0 Å². The molecule has 2 N–H and O–H groups in total. The van der Waals surface area contributed by atoms with Gasteiger partial charge in [-0.1, -0.05) is 0 Å². The van der Waals surface area contributed by atoms with Gasteiger partial charge in [0.05, 0.1) is 24.9 Å². The Labute approximate surface area is 117 Å². The van der Waals surface area contributed by atoms with Crippen molar-refractivity contribution in [1.29, 1.82) is 0 Å². The monoisotopic (exact) mass is 278 g/mol. The van der Waals surface area contributed by atoms with Crippen LogP contribution in [0.5, 0.6) is 5.88 Å². The first kappa shape index (κ1) is 14.3. The second kappa shape index (κ2) is 6.36. The second-order valence-electron chi connectivity index (χ2n) is 4.97. The zero-order valence-electron chi connectivity index (χ0n) is 11.3. The van der Waals surface area contributed by atoms with Gasteiger partial charge in [0.15, 0.2) is 0 Å². The summed E-state index contributed by atoms with van der Waals surface area (Å²) in [5, 5.41) is 11.7. The highest BCUT2D eigenvalue weighted by atomic mass is 16.5. The summed E-state index contributed by atoms with van der Waals surface area (Å²) in [6, 6.07) is 3.41. The molecular formula is C14H18N2O4. The van der Waals surface area contributed by atoms with Crippen molar-refractivity contribution in [1.82, 2.24) is 4.98 Å². The summed E-state index contributed by atoms with van der Waals surface area (Å²) < 4.78 is 4.95. The summed E-state index contributed by atoms with van der Waals surface area (Å²) >= 11 is 0. The molecule has 0 spiro atoms. The number of methoxy groups -OCH3 is 1. The van der Waals surface area contributed by atoms with E-state index >= 15 is 0 Å². The number of carbonyl (C=O) groups is 2. The van der Waals surface area contributed by atoms with Gasteiger partial charge in [-0.15, -0.1) is 0 Å². The van der Waals surface area contributed by atoms with E-state index < -0.39 is 5.97 Å². The Morgan fingerprint density at radius 2 is 1.90 bits per heavy atom. The molecule has 0 radical (unpaired) electrons. The van der Waals surface area contributed by atoms with Crippen molar-refractivity contribution in [3.63, 3.8) is 0 Å². The van der Waals surface area contributed by atoms with Crippen LogP contribution in [-0.2, 0) is 9.59 Å². The van der Waals surface area contributed by atoms with Gasteiger partial charge in [0.2, 0.25) is 11.8 Å². The molecule has 0 bridgehead atoms. The average molecular weight is 278 g/mol. The molecule has 0 saturated heterocycles. The van der Waals surface area contributed by atoms with Crippen LogP contribution in [0.1, 0.15) is 25.7 Å². The molecule has 0 aromatic carbocycles. The van der Waals surface area contributed by atoms with E-state index in [2.05, 4.69) is 10.3 Å². The SMILES string of the molecule is COc1ccc(NC(=O)C2CCC(C(=O)O)CC2)cn1. The summed E-state index contributed by atoms with van der Waals surface area (Å²) in [7, 11) is 1.53. The van der Waals surface area contributed by atoms with Crippen molar-refractivity contribution in [3.8, 4) is 5.88 Å². The minimum Gasteiger partial charge on any atom is -0.481 e. The highest BCUT2D eigenvalue weighted by Crippen LogP contribution is 2.29. The van der Waals surface area contributed by atoms with Gasteiger partial charge in [-0.25, -0.2) is 4.98 Å². The number of carboxylic acid groups (broad SMARTS) is 1. The summed E-state index contributed by atoms with van der Waals surface area (Å²) in [4.78, 5) is 27.0. The number of hydrogen-bond acceptors (Lipinski definition) is 4. The van der Waals surface area contributed by atoms with Gasteiger partial charge in [0.25, 0.3) is 0 Å². The topological polar surface area (TPSA) is 88.5 Å². The number of ether oxygens (including phenoxy) is 1. The number of aliphatic carboxylic acids is 1. The molecule has 1 aliphatic rings. The third kappa shape index (κ3) is 3.46. The van der Waals surface area contributed by atoms with Crippen molar-refractivity contribution in [2.75, 3.05) is 12.4 Å². The molecule has 1 saturated carbocycles. The molecule has 108 valence electrons. The summed E-state index contributed by atoms with van der Waals surface area (Å²) in [6.45, 7) is 0. The van der Waals surface area contributed by atoms with Crippen LogP contribution in [0.2, 0.25) is 0 Å². The molecule has 0 atom stereocenters. The van der Waals surface area contributed by atoms with Gasteiger partial charge in [-0.3, -0.25) is 9.59 Å². The number of hydrogen-bond donors (Lipinski definition) is 2. The maximum absolute atomic E-state index is 12.1. The molecule has 1 aromatic heterocycles. The molecule has 1 amide bonds. The van der Waals surface area contributed by atoms with Crippen LogP contribution in [0, 0.1) is 11.8 Å². The predicted octanol–water partition coefficient (Wildman–Crippen LogP) is 1.92. The van der Waals surface area contributed by atoms with E-state index in [1.807, 2.05) is 0 Å². The summed E-state index contributed by atoms with van der Waals surface area (Å²) in [5.74, 6) is -0.761. The van der Waals surface area contributed by atoms with E-state index in [-0.39, 0.29) is 17.7 Å². The van der Waals surface area contributed by atoms with E-state index in [4.69, 9.17) is 9.84 Å². The minimum absolute atomic E-state index is 0.0687. The molecule has 0 aliphatic heterocycles. The van der Waals surface area contributed by atoms with Crippen LogP contribution in [0.15, 0.2) is 18.3 Å². The van der Waals surface area contributed by atoms with Crippen molar-refractivity contribution in [3.05, 3.63) is 18.3 Å². The number of rotatable bonds is 4. The third-order valence-electron chi connectivity index (χ3n) is 3.66. The van der Waals surface area contributed by atoms with E-state index in [1.54, 1.807) is 18.3 Å². The maximum Gasteiger partial charge on any atom is 0.306 e. The summed E-state index contributed by atoms with van der Waals surface area (Å²) in [6.07, 6.45) is 3.90. The fourth-order valence-corrected chi connectivity index (χ4v) is 2.42. The molecule has 1 heterocycles. The van der Waals surface area contributed by atoms with E-state index in [0.717, 1.165) is 0 Å². The first-order chi connectivity index (χ1) is 9.60. The normalized spacial score (nSPS) is 22.1. The molecule has 1 aromatic rings. The number of nitrogens with zero attached hydrogens (tertiary/aromatic N) is 1. The first-order valence-electron chi connectivity index (χ1n) is 6.64. The third-order valence-corrected chi connectivity index (χ3v) is 3.66. The zero-order valence-corrected chi connectivity index (χ0v) is 11.3. The number of aromatic nitrogens is 1. The molecule has 2 rings (SSSR count). The van der Waals surface area contributed by atoms with E-state index in [0.29, 0.717) is 37.3 Å². The second-order valence-corrected chi connectivity index (χ2v) is 4.97. The number of carboxylic acids is 1. The first-order valence-corrected chi connectivity index (χ1v) is 6.64. The standard InChI is InChI=1S/C14H18N2O4/c1-20-12-7-6-11(8-15-12)16-13(17)9-2-4-10(5-3-9)14(18)19/h6-10H,2-5H2,1H3,(H,16,17)(H,18,19). The Balaban J connectivity index is 1.87. The van der Waals surface area contributed by atoms with Crippen LogP contribution in [0.25, 0.3) is 0 Å². The van der Waals surface area contributed by atoms with Gasteiger partial charge in [-0.2, -0.15) is 0 Å². The lowest BCUT2D eigenvalue weighted by Crippen LogP contribution is -2.29. The lowest BCUT2D eigenvalue weighted by Gasteiger charge is -2.25. The molecular weight excluding hydrogens is 260 g/mol. The van der Waals surface area contributed by atoms with Crippen LogP contribution >= 0.6 is 0 Å². The van der Waals surface area contributed by atoms with Crippen molar-refractivity contribution < 1.29 is 19.4 Å². The Morgan fingerprint density at radius 3 is 2.40 bits per heavy atom. The van der Waals surface area contributed by atoms with Gasteiger partial charge in [0.1, 0.15) is 0 Å². The molecule has 0 unspecified atom stereocenters. The van der Waals surface area contributed by atoms with Crippen molar-refractivity contribution in [2.45, 2.75) is 25.7 Å². The number of carbonyl (C=O) groups excluding carboxylic acids is 1. The van der Waals surface area contributed by atoms with Crippen molar-refractivity contribution >= 4 is 17.6 Å². The highest BCUT2D eigenvalue weighted by Gasteiger charge is 2.29. The van der Waals surface area contributed by atoms with Gasteiger partial charge < -0.3 is 15.2 Å². The number of pyridine rings is 1. The number of nitrogens with one attached hydrogen (secondary N) is 1. The van der Waals surface area contributed by atoms with Gasteiger partial charge >= 0.3 is 5.97 Å². The minimum atomic E-state index is -0.761. The van der Waals surface area contributed by atoms with Gasteiger partial charge in [-0.05, 0) is 31.7 Å². The fraction of sp³-hybridized carbons (Fsp3) is 0.500. The Morgan fingerprint density at radius 1 is 1.25 bits per heavy atom. The van der Waals surface area contributed by atoms with Crippen LogP contribution in [0.4, 0.5) is 5.69 Å². The van der Waals surface area contributed by atoms with E-state index in [9.17, 15) is 9.59 Å².